The van der Waals surface area contributed by atoms with Crippen LogP contribution >= 0.6 is 0 Å². The van der Waals surface area contributed by atoms with Gasteiger partial charge in [-0.05, 0) is 44.9 Å². The maximum Gasteiger partial charge on any atom is 0.151 e. The second kappa shape index (κ2) is 5.45. The lowest BCUT2D eigenvalue weighted by molar-refractivity contribution is 0.361. The van der Waals surface area contributed by atoms with Crippen LogP contribution in [0.1, 0.15) is 32.4 Å². The molecule has 2 unspecified atom stereocenters. The Bertz CT molecular complexity index is 349. The van der Waals surface area contributed by atoms with E-state index in [4.69, 9.17) is 0 Å². The summed E-state index contributed by atoms with van der Waals surface area (Å²) >= 11 is 0. The summed E-state index contributed by atoms with van der Waals surface area (Å²) in [6, 6.07) is 4.71. The maximum atomic E-state index is 4.34. The standard InChI is InChI=1S/C13H22N4/c1-10-5-4-8-17(11(10)2)13-7-6-12(9-14-3)15-16-13/h6-7,10-11,14H,4-5,8-9H2,1-3H3. The van der Waals surface area contributed by atoms with Gasteiger partial charge in [0.15, 0.2) is 5.82 Å². The molecular formula is C13H22N4. The van der Waals surface area contributed by atoms with E-state index in [2.05, 4.69) is 46.4 Å². The lowest BCUT2D eigenvalue weighted by Crippen LogP contribution is -2.43. The van der Waals surface area contributed by atoms with Crippen LogP contribution in [-0.2, 0) is 6.54 Å². The number of anilines is 1. The van der Waals surface area contributed by atoms with Crippen LogP contribution in [-0.4, -0.2) is 29.8 Å². The average molecular weight is 234 g/mol. The quantitative estimate of drug-likeness (QED) is 0.866. The Hall–Kier alpha value is -1.16. The second-order valence-electron chi connectivity index (χ2n) is 4.97. The van der Waals surface area contributed by atoms with Gasteiger partial charge in [-0.3, -0.25) is 0 Å². The van der Waals surface area contributed by atoms with Crippen molar-refractivity contribution in [3.63, 3.8) is 0 Å². The molecule has 0 aliphatic carbocycles. The fourth-order valence-electron chi connectivity index (χ4n) is 2.44. The van der Waals surface area contributed by atoms with Crippen molar-refractivity contribution in [3.8, 4) is 0 Å². The highest BCUT2D eigenvalue weighted by atomic mass is 15.3. The van der Waals surface area contributed by atoms with E-state index in [9.17, 15) is 0 Å². The first kappa shape index (κ1) is 12.3. The van der Waals surface area contributed by atoms with Gasteiger partial charge >= 0.3 is 0 Å². The summed E-state index contributed by atoms with van der Waals surface area (Å²) in [4.78, 5) is 2.38. The summed E-state index contributed by atoms with van der Waals surface area (Å²) < 4.78 is 0. The number of nitrogens with zero attached hydrogens (tertiary/aromatic N) is 3. The molecule has 0 bridgehead atoms. The molecule has 2 rings (SSSR count). The van der Waals surface area contributed by atoms with Crippen LogP contribution in [0.2, 0.25) is 0 Å². The third-order valence-electron chi connectivity index (χ3n) is 3.73. The van der Waals surface area contributed by atoms with Crippen molar-refractivity contribution in [2.45, 2.75) is 39.3 Å². The lowest BCUT2D eigenvalue weighted by Gasteiger charge is -2.38. The van der Waals surface area contributed by atoms with Crippen molar-refractivity contribution in [1.29, 1.82) is 0 Å². The number of piperidine rings is 1. The summed E-state index contributed by atoms with van der Waals surface area (Å²) in [5.74, 6) is 1.76. The van der Waals surface area contributed by atoms with Gasteiger partial charge in [0.25, 0.3) is 0 Å². The molecular weight excluding hydrogens is 212 g/mol. The van der Waals surface area contributed by atoms with E-state index < -0.39 is 0 Å². The van der Waals surface area contributed by atoms with E-state index in [0.29, 0.717) is 6.04 Å². The van der Waals surface area contributed by atoms with Crippen molar-refractivity contribution in [2.75, 3.05) is 18.5 Å². The predicted octanol–water partition coefficient (Wildman–Crippen LogP) is 1.82. The van der Waals surface area contributed by atoms with Crippen LogP contribution < -0.4 is 10.2 Å². The SMILES string of the molecule is CNCc1ccc(N2CCCC(C)C2C)nn1. The molecule has 2 heterocycles. The van der Waals surface area contributed by atoms with Crippen LogP contribution in [0.15, 0.2) is 12.1 Å². The van der Waals surface area contributed by atoms with Crippen LogP contribution in [0.3, 0.4) is 0 Å². The largest absolute Gasteiger partial charge is 0.352 e. The lowest BCUT2D eigenvalue weighted by atomic mass is 9.92. The Labute approximate surface area is 103 Å². The predicted molar refractivity (Wildman–Crippen MR) is 70.0 cm³/mol. The monoisotopic (exact) mass is 234 g/mol. The zero-order valence-corrected chi connectivity index (χ0v) is 11.0. The summed E-state index contributed by atoms with van der Waals surface area (Å²) in [6.45, 7) is 6.48. The Balaban J connectivity index is 2.10. The summed E-state index contributed by atoms with van der Waals surface area (Å²) in [6.07, 6.45) is 2.58. The molecule has 1 aliphatic rings. The number of nitrogens with one attached hydrogen (secondary N) is 1. The second-order valence-corrected chi connectivity index (χ2v) is 4.97. The summed E-state index contributed by atoms with van der Waals surface area (Å²) in [5.41, 5.74) is 0.994. The van der Waals surface area contributed by atoms with Crippen molar-refractivity contribution in [3.05, 3.63) is 17.8 Å². The van der Waals surface area contributed by atoms with Crippen LogP contribution in [0, 0.1) is 5.92 Å². The van der Waals surface area contributed by atoms with Crippen molar-refractivity contribution in [2.24, 2.45) is 5.92 Å². The minimum absolute atomic E-state index is 0.563. The molecule has 4 nitrogen and oxygen atoms in total. The third kappa shape index (κ3) is 2.75. The molecule has 17 heavy (non-hydrogen) atoms. The summed E-state index contributed by atoms with van der Waals surface area (Å²) in [7, 11) is 1.92. The van der Waals surface area contributed by atoms with E-state index in [0.717, 1.165) is 30.5 Å². The first-order valence-electron chi connectivity index (χ1n) is 6.46. The Morgan fingerprint density at radius 2 is 2.18 bits per heavy atom. The van der Waals surface area contributed by atoms with E-state index in [1.54, 1.807) is 0 Å². The molecule has 0 spiro atoms. The van der Waals surface area contributed by atoms with Gasteiger partial charge in [0.05, 0.1) is 5.69 Å². The van der Waals surface area contributed by atoms with Crippen molar-refractivity contribution >= 4 is 5.82 Å². The van der Waals surface area contributed by atoms with Gasteiger partial charge in [-0.1, -0.05) is 6.92 Å². The topological polar surface area (TPSA) is 41.0 Å². The fourth-order valence-corrected chi connectivity index (χ4v) is 2.44. The Morgan fingerprint density at radius 1 is 1.35 bits per heavy atom. The maximum absolute atomic E-state index is 4.34. The van der Waals surface area contributed by atoms with Gasteiger partial charge in [0.2, 0.25) is 0 Å². The Kier molecular flexibility index (Phi) is 3.94. The highest BCUT2D eigenvalue weighted by Crippen LogP contribution is 2.26. The molecule has 1 aromatic heterocycles. The fraction of sp³-hybridized carbons (Fsp3) is 0.692. The summed E-state index contributed by atoms with van der Waals surface area (Å²) in [5, 5.41) is 11.7. The molecule has 1 saturated heterocycles. The normalized spacial score (nSPS) is 25.0. The molecule has 0 radical (unpaired) electrons. The van der Waals surface area contributed by atoms with E-state index in [-0.39, 0.29) is 0 Å². The highest BCUT2D eigenvalue weighted by Gasteiger charge is 2.25. The zero-order chi connectivity index (χ0) is 12.3. The number of hydrogen-bond donors (Lipinski definition) is 1. The molecule has 1 N–H and O–H groups in total. The van der Waals surface area contributed by atoms with Crippen molar-refractivity contribution < 1.29 is 0 Å². The van der Waals surface area contributed by atoms with Gasteiger partial charge in [-0.2, -0.15) is 5.10 Å². The minimum atomic E-state index is 0.563. The first-order valence-corrected chi connectivity index (χ1v) is 6.46. The smallest absolute Gasteiger partial charge is 0.151 e. The third-order valence-corrected chi connectivity index (χ3v) is 3.73. The molecule has 1 aromatic rings. The van der Waals surface area contributed by atoms with E-state index >= 15 is 0 Å². The number of hydrogen-bond acceptors (Lipinski definition) is 4. The number of aromatic nitrogens is 2. The first-order chi connectivity index (χ1) is 8.22. The molecule has 94 valence electrons. The van der Waals surface area contributed by atoms with E-state index in [1.165, 1.54) is 12.8 Å². The van der Waals surface area contributed by atoms with Crippen LogP contribution in [0.4, 0.5) is 5.82 Å². The van der Waals surface area contributed by atoms with Crippen LogP contribution in [0.25, 0.3) is 0 Å². The Morgan fingerprint density at radius 3 is 2.82 bits per heavy atom. The molecule has 2 atom stereocenters. The molecule has 0 saturated carbocycles. The minimum Gasteiger partial charge on any atom is -0.352 e. The molecule has 0 aromatic carbocycles. The average Bonchev–Trinajstić information content (AvgIpc) is 2.34. The van der Waals surface area contributed by atoms with Gasteiger partial charge < -0.3 is 10.2 Å². The highest BCUT2D eigenvalue weighted by molar-refractivity contribution is 5.39. The van der Waals surface area contributed by atoms with Gasteiger partial charge in [0.1, 0.15) is 0 Å². The van der Waals surface area contributed by atoms with Gasteiger partial charge in [-0.15, -0.1) is 5.10 Å². The van der Waals surface area contributed by atoms with Crippen LogP contribution in [0.5, 0.6) is 0 Å². The number of rotatable bonds is 3. The molecule has 4 heteroatoms. The molecule has 1 fully saturated rings. The van der Waals surface area contributed by atoms with Gasteiger partial charge in [0, 0.05) is 19.1 Å². The molecule has 1 aliphatic heterocycles. The zero-order valence-electron chi connectivity index (χ0n) is 11.0. The molecule has 0 amide bonds. The van der Waals surface area contributed by atoms with Gasteiger partial charge in [-0.25, -0.2) is 0 Å². The van der Waals surface area contributed by atoms with E-state index in [1.807, 2.05) is 7.05 Å². The van der Waals surface area contributed by atoms with Crippen molar-refractivity contribution in [1.82, 2.24) is 15.5 Å².